The normalized spacial score (nSPS) is 10.7. The number of anilines is 1. The Bertz CT molecular complexity index is 1140. The fraction of sp³-hybridized carbons (Fsp3) is 0.0909. The zero-order chi connectivity index (χ0) is 20.9. The van der Waals surface area contributed by atoms with Crippen LogP contribution in [0.15, 0.2) is 72.2 Å². The van der Waals surface area contributed by atoms with E-state index in [0.717, 1.165) is 16.9 Å². The molecule has 2 aromatic carbocycles. The first-order valence-corrected chi connectivity index (χ1v) is 10.7. The quantitative estimate of drug-likeness (QED) is 0.363. The Kier molecular flexibility index (Phi) is 6.38. The molecule has 4 aromatic rings. The van der Waals surface area contributed by atoms with E-state index in [-0.39, 0.29) is 5.91 Å². The summed E-state index contributed by atoms with van der Waals surface area (Å²) in [6.07, 6.45) is 1.77. The van der Waals surface area contributed by atoms with Crippen molar-refractivity contribution >= 4 is 46.3 Å². The summed E-state index contributed by atoms with van der Waals surface area (Å²) in [6, 6.07) is 18.5. The smallest absolute Gasteiger partial charge is 0.266 e. The van der Waals surface area contributed by atoms with Crippen LogP contribution >= 0.6 is 34.5 Å². The van der Waals surface area contributed by atoms with Crippen LogP contribution in [0.3, 0.4) is 0 Å². The van der Waals surface area contributed by atoms with Crippen molar-refractivity contribution in [1.29, 1.82) is 0 Å². The standard InChI is InChI=1S/C22H17Cl2N3O2S/c23-18-7-4-8-19(24)17(18)12-27-10-9-21(26-27)25-22(28)20-11-15(14-30-20)13-29-16-5-2-1-3-6-16/h1-11,14H,12-13H2,(H,25,26,28). The molecule has 0 aliphatic rings. The first-order chi connectivity index (χ1) is 14.6. The molecule has 0 radical (unpaired) electrons. The predicted molar refractivity (Wildman–Crippen MR) is 121 cm³/mol. The summed E-state index contributed by atoms with van der Waals surface area (Å²) in [4.78, 5) is 13.1. The van der Waals surface area contributed by atoms with Crippen molar-refractivity contribution in [2.75, 3.05) is 5.32 Å². The number of ether oxygens (including phenoxy) is 1. The van der Waals surface area contributed by atoms with Crippen molar-refractivity contribution in [3.8, 4) is 5.75 Å². The third-order valence-corrected chi connectivity index (χ3v) is 5.98. The largest absolute Gasteiger partial charge is 0.489 e. The number of para-hydroxylation sites is 1. The Hall–Kier alpha value is -2.80. The maximum atomic E-state index is 12.5. The number of benzene rings is 2. The van der Waals surface area contributed by atoms with Gasteiger partial charge in [0.15, 0.2) is 5.82 Å². The number of carbonyl (C=O) groups is 1. The molecule has 0 aliphatic carbocycles. The summed E-state index contributed by atoms with van der Waals surface area (Å²) in [5.41, 5.74) is 1.72. The van der Waals surface area contributed by atoms with Crippen LogP contribution in [-0.4, -0.2) is 15.7 Å². The van der Waals surface area contributed by atoms with E-state index >= 15 is 0 Å². The molecule has 0 fully saturated rings. The van der Waals surface area contributed by atoms with Crippen molar-refractivity contribution in [2.45, 2.75) is 13.2 Å². The van der Waals surface area contributed by atoms with Gasteiger partial charge in [-0.3, -0.25) is 9.48 Å². The molecule has 0 aliphatic heterocycles. The van der Waals surface area contributed by atoms with Crippen molar-refractivity contribution in [1.82, 2.24) is 9.78 Å². The van der Waals surface area contributed by atoms with E-state index < -0.39 is 0 Å². The van der Waals surface area contributed by atoms with E-state index in [0.29, 0.717) is 33.9 Å². The molecule has 2 heterocycles. The van der Waals surface area contributed by atoms with Gasteiger partial charge in [0.2, 0.25) is 0 Å². The average Bonchev–Trinajstić information content (AvgIpc) is 3.40. The number of nitrogens with zero attached hydrogens (tertiary/aromatic N) is 2. The lowest BCUT2D eigenvalue weighted by Gasteiger charge is -2.07. The van der Waals surface area contributed by atoms with Gasteiger partial charge in [0.1, 0.15) is 12.4 Å². The lowest BCUT2D eigenvalue weighted by molar-refractivity contribution is 0.103. The molecule has 0 spiro atoms. The summed E-state index contributed by atoms with van der Waals surface area (Å²) in [5.74, 6) is 1.03. The molecule has 1 amide bonds. The fourth-order valence-electron chi connectivity index (χ4n) is 2.79. The van der Waals surface area contributed by atoms with Crippen molar-refractivity contribution in [3.05, 3.63) is 98.3 Å². The molecule has 30 heavy (non-hydrogen) atoms. The van der Waals surface area contributed by atoms with Crippen LogP contribution in [-0.2, 0) is 13.2 Å². The maximum Gasteiger partial charge on any atom is 0.266 e. The first-order valence-electron chi connectivity index (χ1n) is 9.11. The van der Waals surface area contributed by atoms with Gasteiger partial charge in [0.05, 0.1) is 11.4 Å². The first kappa shape index (κ1) is 20.5. The average molecular weight is 458 g/mol. The number of nitrogens with one attached hydrogen (secondary N) is 1. The van der Waals surface area contributed by atoms with Crippen LogP contribution in [0.25, 0.3) is 0 Å². The van der Waals surface area contributed by atoms with Crippen molar-refractivity contribution in [2.24, 2.45) is 0 Å². The van der Waals surface area contributed by atoms with E-state index in [1.54, 1.807) is 35.1 Å². The van der Waals surface area contributed by atoms with Gasteiger partial charge in [-0.2, -0.15) is 5.10 Å². The highest BCUT2D eigenvalue weighted by molar-refractivity contribution is 7.12. The summed E-state index contributed by atoms with van der Waals surface area (Å²) in [7, 11) is 0. The van der Waals surface area contributed by atoms with Gasteiger partial charge >= 0.3 is 0 Å². The van der Waals surface area contributed by atoms with E-state index in [9.17, 15) is 4.79 Å². The van der Waals surface area contributed by atoms with E-state index in [1.807, 2.05) is 41.8 Å². The number of carbonyl (C=O) groups excluding carboxylic acids is 1. The van der Waals surface area contributed by atoms with Crippen LogP contribution < -0.4 is 10.1 Å². The molecular formula is C22H17Cl2N3O2S. The van der Waals surface area contributed by atoms with Gasteiger partial charge < -0.3 is 10.1 Å². The van der Waals surface area contributed by atoms with E-state index in [4.69, 9.17) is 27.9 Å². The van der Waals surface area contributed by atoms with Gasteiger partial charge in [-0.25, -0.2) is 0 Å². The number of rotatable bonds is 7. The van der Waals surface area contributed by atoms with Crippen LogP contribution in [0.2, 0.25) is 10.0 Å². The lowest BCUT2D eigenvalue weighted by Crippen LogP contribution is -2.11. The Morgan fingerprint density at radius 1 is 1.07 bits per heavy atom. The summed E-state index contributed by atoms with van der Waals surface area (Å²) < 4.78 is 7.40. The second-order valence-electron chi connectivity index (χ2n) is 6.47. The van der Waals surface area contributed by atoms with Crippen LogP contribution in [0.4, 0.5) is 5.82 Å². The Labute approximate surface area is 187 Å². The second-order valence-corrected chi connectivity index (χ2v) is 8.20. The summed E-state index contributed by atoms with van der Waals surface area (Å²) >= 11 is 13.8. The maximum absolute atomic E-state index is 12.5. The zero-order valence-electron chi connectivity index (χ0n) is 15.7. The monoisotopic (exact) mass is 457 g/mol. The molecule has 8 heteroatoms. The predicted octanol–water partition coefficient (Wildman–Crippen LogP) is 6.13. The third-order valence-electron chi connectivity index (χ3n) is 4.29. The molecule has 1 N–H and O–H groups in total. The molecule has 0 unspecified atom stereocenters. The molecule has 0 atom stereocenters. The van der Waals surface area contributed by atoms with Gasteiger partial charge in [0, 0.05) is 33.4 Å². The molecule has 152 valence electrons. The van der Waals surface area contributed by atoms with Gasteiger partial charge in [-0.15, -0.1) is 11.3 Å². The molecule has 4 rings (SSSR count). The number of halogens is 2. The Morgan fingerprint density at radius 3 is 2.60 bits per heavy atom. The SMILES string of the molecule is O=C(Nc1ccn(Cc2c(Cl)cccc2Cl)n1)c1cc(COc2ccccc2)cs1. The number of hydrogen-bond acceptors (Lipinski definition) is 4. The molecular weight excluding hydrogens is 441 g/mol. The molecule has 5 nitrogen and oxygen atoms in total. The fourth-order valence-corrected chi connectivity index (χ4v) is 4.10. The lowest BCUT2D eigenvalue weighted by atomic mass is 10.2. The number of hydrogen-bond donors (Lipinski definition) is 1. The Morgan fingerprint density at radius 2 is 1.83 bits per heavy atom. The molecule has 0 saturated carbocycles. The topological polar surface area (TPSA) is 56.2 Å². The van der Waals surface area contributed by atoms with E-state index in [1.165, 1.54) is 11.3 Å². The van der Waals surface area contributed by atoms with Crippen LogP contribution in [0, 0.1) is 0 Å². The summed E-state index contributed by atoms with van der Waals surface area (Å²) in [5, 5.41) is 10.3. The molecule has 2 aromatic heterocycles. The van der Waals surface area contributed by atoms with Crippen molar-refractivity contribution in [3.63, 3.8) is 0 Å². The van der Waals surface area contributed by atoms with Crippen LogP contribution in [0.1, 0.15) is 20.8 Å². The highest BCUT2D eigenvalue weighted by atomic mass is 35.5. The minimum absolute atomic E-state index is 0.216. The number of amides is 1. The zero-order valence-corrected chi connectivity index (χ0v) is 18.0. The minimum atomic E-state index is -0.216. The summed E-state index contributed by atoms with van der Waals surface area (Å²) in [6.45, 7) is 0.815. The molecule has 0 bridgehead atoms. The van der Waals surface area contributed by atoms with Gasteiger partial charge in [0.25, 0.3) is 5.91 Å². The highest BCUT2D eigenvalue weighted by Gasteiger charge is 2.12. The second kappa shape index (κ2) is 9.34. The van der Waals surface area contributed by atoms with E-state index in [2.05, 4.69) is 10.4 Å². The van der Waals surface area contributed by atoms with Gasteiger partial charge in [-0.1, -0.05) is 47.5 Å². The minimum Gasteiger partial charge on any atom is -0.489 e. The van der Waals surface area contributed by atoms with Gasteiger partial charge in [-0.05, 0) is 35.7 Å². The number of thiophene rings is 1. The Balaban J connectivity index is 1.36. The highest BCUT2D eigenvalue weighted by Crippen LogP contribution is 2.25. The molecule has 0 saturated heterocycles. The number of aromatic nitrogens is 2. The van der Waals surface area contributed by atoms with Crippen molar-refractivity contribution < 1.29 is 9.53 Å². The van der Waals surface area contributed by atoms with Crippen LogP contribution in [0.5, 0.6) is 5.75 Å². The third kappa shape index (κ3) is 5.02.